The van der Waals surface area contributed by atoms with Gasteiger partial charge in [0.05, 0.1) is 6.54 Å². The fourth-order valence-electron chi connectivity index (χ4n) is 1.77. The van der Waals surface area contributed by atoms with Gasteiger partial charge in [0.2, 0.25) is 0 Å². The molecule has 0 saturated carbocycles. The van der Waals surface area contributed by atoms with Gasteiger partial charge in [-0.2, -0.15) is 0 Å². The molecule has 0 amide bonds. The molecule has 1 aromatic carbocycles. The molecule has 1 aromatic rings. The third-order valence-corrected chi connectivity index (χ3v) is 2.65. The molecule has 102 valence electrons. The lowest BCUT2D eigenvalue weighted by molar-refractivity contribution is -0.129. The zero-order chi connectivity index (χ0) is 13.4. The minimum Gasteiger partial charge on any atom is -0.367 e. The second-order valence-corrected chi connectivity index (χ2v) is 3.86. The molecule has 0 unspecified atom stereocenters. The molecule has 18 heavy (non-hydrogen) atoms. The predicted molar refractivity (Wildman–Crippen MR) is 71.3 cm³/mol. The van der Waals surface area contributed by atoms with Crippen LogP contribution in [0.3, 0.4) is 0 Å². The van der Waals surface area contributed by atoms with Gasteiger partial charge >= 0.3 is 0 Å². The normalized spacial score (nSPS) is 10.9. The van der Waals surface area contributed by atoms with Crippen LogP contribution < -0.4 is 4.90 Å². The number of benzene rings is 1. The Morgan fingerprint density at radius 1 is 1.06 bits per heavy atom. The molecular formula is C14H22FNO2. The van der Waals surface area contributed by atoms with Gasteiger partial charge < -0.3 is 14.4 Å². The quantitative estimate of drug-likeness (QED) is 0.666. The second kappa shape index (κ2) is 8.06. The van der Waals surface area contributed by atoms with E-state index in [1.54, 1.807) is 12.1 Å². The summed E-state index contributed by atoms with van der Waals surface area (Å²) in [5.41, 5.74) is 0.975. The van der Waals surface area contributed by atoms with Crippen molar-refractivity contribution >= 4 is 5.69 Å². The van der Waals surface area contributed by atoms with Gasteiger partial charge in [-0.25, -0.2) is 4.39 Å². The minimum absolute atomic E-state index is 0.221. The molecule has 0 spiro atoms. The summed E-state index contributed by atoms with van der Waals surface area (Å²) < 4.78 is 23.9. The van der Waals surface area contributed by atoms with Crippen LogP contribution in [-0.2, 0) is 9.47 Å². The maximum absolute atomic E-state index is 12.9. The maximum atomic E-state index is 12.9. The summed E-state index contributed by atoms with van der Waals surface area (Å²) in [6.45, 7) is 8.64. The van der Waals surface area contributed by atoms with E-state index < -0.39 is 0 Å². The van der Waals surface area contributed by atoms with Gasteiger partial charge in [0, 0.05) is 25.4 Å². The van der Waals surface area contributed by atoms with Crippen LogP contribution in [0.5, 0.6) is 0 Å². The van der Waals surface area contributed by atoms with E-state index in [1.165, 1.54) is 12.1 Å². The van der Waals surface area contributed by atoms with Crippen LogP contribution in [-0.4, -0.2) is 32.6 Å². The second-order valence-electron chi connectivity index (χ2n) is 3.86. The van der Waals surface area contributed by atoms with E-state index in [-0.39, 0.29) is 12.1 Å². The summed E-state index contributed by atoms with van der Waals surface area (Å²) in [7, 11) is 0. The summed E-state index contributed by atoms with van der Waals surface area (Å²) in [6.07, 6.45) is -0.245. The Hall–Kier alpha value is -1.13. The van der Waals surface area contributed by atoms with Crippen molar-refractivity contribution in [3.63, 3.8) is 0 Å². The highest BCUT2D eigenvalue weighted by Gasteiger charge is 2.13. The molecule has 0 N–H and O–H groups in total. The minimum atomic E-state index is -0.245. The Morgan fingerprint density at radius 3 is 2.06 bits per heavy atom. The molecular weight excluding hydrogens is 233 g/mol. The fourth-order valence-corrected chi connectivity index (χ4v) is 1.77. The van der Waals surface area contributed by atoms with Crippen LogP contribution in [0.15, 0.2) is 24.3 Å². The molecule has 0 aliphatic carbocycles. The smallest absolute Gasteiger partial charge is 0.174 e. The third-order valence-electron chi connectivity index (χ3n) is 2.65. The van der Waals surface area contributed by atoms with Crippen LogP contribution in [0.25, 0.3) is 0 Å². The first-order valence-electron chi connectivity index (χ1n) is 6.44. The summed E-state index contributed by atoms with van der Waals surface area (Å²) in [6, 6.07) is 6.48. The van der Waals surface area contributed by atoms with Crippen LogP contribution in [0, 0.1) is 5.82 Å². The van der Waals surface area contributed by atoms with E-state index in [0.717, 1.165) is 12.2 Å². The van der Waals surface area contributed by atoms with E-state index in [0.29, 0.717) is 19.8 Å². The summed E-state index contributed by atoms with van der Waals surface area (Å²) in [5, 5.41) is 0. The van der Waals surface area contributed by atoms with Crippen LogP contribution in [0.4, 0.5) is 10.1 Å². The average molecular weight is 255 g/mol. The van der Waals surface area contributed by atoms with E-state index in [1.807, 2.05) is 13.8 Å². The lowest BCUT2D eigenvalue weighted by Crippen LogP contribution is -2.35. The molecule has 0 bridgehead atoms. The van der Waals surface area contributed by atoms with E-state index in [2.05, 4.69) is 11.8 Å². The zero-order valence-electron chi connectivity index (χ0n) is 11.4. The maximum Gasteiger partial charge on any atom is 0.174 e. The first-order chi connectivity index (χ1) is 8.71. The number of anilines is 1. The van der Waals surface area contributed by atoms with E-state index in [9.17, 15) is 4.39 Å². The van der Waals surface area contributed by atoms with E-state index in [4.69, 9.17) is 9.47 Å². The number of ether oxygens (including phenoxy) is 2. The molecule has 0 radical (unpaired) electrons. The molecule has 3 nitrogen and oxygen atoms in total. The SMILES string of the molecule is CCOC(CN(CC)c1ccc(F)cc1)OCC. The molecule has 4 heteroatoms. The van der Waals surface area contributed by atoms with Crippen molar-refractivity contribution in [1.29, 1.82) is 0 Å². The van der Waals surface area contributed by atoms with Crippen molar-refractivity contribution in [1.82, 2.24) is 0 Å². The van der Waals surface area contributed by atoms with Crippen molar-refractivity contribution in [2.75, 3.05) is 31.2 Å². The first kappa shape index (κ1) is 14.9. The topological polar surface area (TPSA) is 21.7 Å². The highest BCUT2D eigenvalue weighted by atomic mass is 19.1. The highest BCUT2D eigenvalue weighted by molar-refractivity contribution is 5.46. The molecule has 1 rings (SSSR count). The fraction of sp³-hybridized carbons (Fsp3) is 0.571. The van der Waals surface area contributed by atoms with Gasteiger partial charge in [-0.05, 0) is 45.0 Å². The number of likely N-dealkylation sites (N-methyl/N-ethyl adjacent to an activating group) is 1. The lowest BCUT2D eigenvalue weighted by atomic mass is 10.2. The highest BCUT2D eigenvalue weighted by Crippen LogP contribution is 2.15. The van der Waals surface area contributed by atoms with Gasteiger partial charge in [-0.3, -0.25) is 0 Å². The van der Waals surface area contributed by atoms with Crippen LogP contribution >= 0.6 is 0 Å². The van der Waals surface area contributed by atoms with Crippen molar-refractivity contribution in [2.45, 2.75) is 27.1 Å². The summed E-state index contributed by atoms with van der Waals surface area (Å²) in [5.74, 6) is -0.221. The molecule has 0 aromatic heterocycles. The third kappa shape index (κ3) is 4.63. The summed E-state index contributed by atoms with van der Waals surface area (Å²) >= 11 is 0. The van der Waals surface area contributed by atoms with Crippen molar-refractivity contribution < 1.29 is 13.9 Å². The number of halogens is 1. The standard InChI is InChI=1S/C14H22FNO2/c1-4-16(11-14(17-5-2)18-6-3)13-9-7-12(15)8-10-13/h7-10,14H,4-6,11H2,1-3H3. The van der Waals surface area contributed by atoms with E-state index >= 15 is 0 Å². The Bertz CT molecular complexity index is 323. The Labute approximate surface area is 109 Å². The predicted octanol–water partition coefficient (Wildman–Crippen LogP) is 3.05. The van der Waals surface area contributed by atoms with Gasteiger partial charge in [-0.1, -0.05) is 0 Å². The molecule has 0 fully saturated rings. The Morgan fingerprint density at radius 2 is 1.61 bits per heavy atom. The van der Waals surface area contributed by atoms with Crippen LogP contribution in [0.1, 0.15) is 20.8 Å². The molecule has 0 heterocycles. The molecule has 0 saturated heterocycles. The molecule has 0 aliphatic rings. The number of nitrogens with zero attached hydrogens (tertiary/aromatic N) is 1. The lowest BCUT2D eigenvalue weighted by Gasteiger charge is -2.28. The van der Waals surface area contributed by atoms with Crippen molar-refractivity contribution in [3.05, 3.63) is 30.1 Å². The van der Waals surface area contributed by atoms with Gasteiger partial charge in [0.1, 0.15) is 5.82 Å². The number of hydrogen-bond acceptors (Lipinski definition) is 3. The van der Waals surface area contributed by atoms with Gasteiger partial charge in [0.25, 0.3) is 0 Å². The largest absolute Gasteiger partial charge is 0.367 e. The number of rotatable bonds is 8. The first-order valence-corrected chi connectivity index (χ1v) is 6.44. The van der Waals surface area contributed by atoms with Crippen molar-refractivity contribution in [2.24, 2.45) is 0 Å². The Kier molecular flexibility index (Phi) is 6.68. The van der Waals surface area contributed by atoms with Gasteiger partial charge in [0.15, 0.2) is 6.29 Å². The van der Waals surface area contributed by atoms with Gasteiger partial charge in [-0.15, -0.1) is 0 Å². The average Bonchev–Trinajstić information content (AvgIpc) is 2.37. The number of hydrogen-bond donors (Lipinski definition) is 0. The summed E-state index contributed by atoms with van der Waals surface area (Å²) in [4.78, 5) is 2.11. The van der Waals surface area contributed by atoms with Crippen molar-refractivity contribution in [3.8, 4) is 0 Å². The molecule has 0 aliphatic heterocycles. The zero-order valence-corrected chi connectivity index (χ0v) is 11.4. The van der Waals surface area contributed by atoms with Crippen LogP contribution in [0.2, 0.25) is 0 Å². The Balaban J connectivity index is 2.67. The molecule has 0 atom stereocenters. The monoisotopic (exact) mass is 255 g/mol.